The first kappa shape index (κ1) is 14.2. The maximum Gasteiger partial charge on any atom is 0.269 e. The third-order valence-corrected chi connectivity index (χ3v) is 4.85. The van der Waals surface area contributed by atoms with E-state index in [2.05, 4.69) is 30.4 Å². The summed E-state index contributed by atoms with van der Waals surface area (Å²) in [6.45, 7) is 2.85. The molecule has 1 saturated heterocycles. The monoisotopic (exact) mass is 310 g/mol. The molecule has 3 atom stereocenters. The van der Waals surface area contributed by atoms with Gasteiger partial charge < -0.3 is 10.1 Å². The molecular formula is C18H18N2O3. The predicted molar refractivity (Wildman–Crippen MR) is 87.4 cm³/mol. The molecule has 2 heterocycles. The van der Waals surface area contributed by atoms with Gasteiger partial charge in [-0.15, -0.1) is 0 Å². The SMILES string of the molecule is Cc1ccc2c(c1)[C@H]1OCC[C@H]1[C@H](c1ccc([N+](=O)[O-])cc1)N2. The molecule has 4 rings (SSSR count). The van der Waals surface area contributed by atoms with Crippen LogP contribution in [-0.4, -0.2) is 11.5 Å². The number of non-ortho nitro benzene ring substituents is 1. The van der Waals surface area contributed by atoms with Crippen molar-refractivity contribution in [2.24, 2.45) is 5.92 Å². The average molecular weight is 310 g/mol. The van der Waals surface area contributed by atoms with Crippen LogP contribution in [0.4, 0.5) is 11.4 Å². The number of ether oxygens (including phenoxy) is 1. The highest BCUT2D eigenvalue weighted by Gasteiger charge is 2.41. The second-order valence-electron chi connectivity index (χ2n) is 6.31. The Morgan fingerprint density at radius 1 is 1.22 bits per heavy atom. The van der Waals surface area contributed by atoms with Crippen LogP contribution in [0.5, 0.6) is 0 Å². The third kappa shape index (κ3) is 2.37. The Morgan fingerprint density at radius 3 is 2.74 bits per heavy atom. The van der Waals surface area contributed by atoms with Crippen molar-refractivity contribution < 1.29 is 9.66 Å². The van der Waals surface area contributed by atoms with Crippen molar-refractivity contribution in [3.63, 3.8) is 0 Å². The lowest BCUT2D eigenvalue weighted by molar-refractivity contribution is -0.384. The normalized spacial score (nSPS) is 25.3. The summed E-state index contributed by atoms with van der Waals surface area (Å²) in [4.78, 5) is 10.5. The van der Waals surface area contributed by atoms with Gasteiger partial charge in [0, 0.05) is 35.9 Å². The van der Waals surface area contributed by atoms with Crippen LogP contribution in [0.3, 0.4) is 0 Å². The van der Waals surface area contributed by atoms with E-state index < -0.39 is 0 Å². The van der Waals surface area contributed by atoms with Gasteiger partial charge in [-0.1, -0.05) is 29.8 Å². The van der Waals surface area contributed by atoms with Gasteiger partial charge in [0.2, 0.25) is 0 Å². The van der Waals surface area contributed by atoms with E-state index in [1.54, 1.807) is 12.1 Å². The zero-order valence-corrected chi connectivity index (χ0v) is 12.9. The van der Waals surface area contributed by atoms with Crippen molar-refractivity contribution >= 4 is 11.4 Å². The highest BCUT2D eigenvalue weighted by molar-refractivity contribution is 5.58. The van der Waals surface area contributed by atoms with E-state index in [0.29, 0.717) is 5.92 Å². The molecule has 0 radical (unpaired) electrons. The van der Waals surface area contributed by atoms with Gasteiger partial charge in [0.25, 0.3) is 5.69 Å². The van der Waals surface area contributed by atoms with Crippen LogP contribution < -0.4 is 5.32 Å². The van der Waals surface area contributed by atoms with Gasteiger partial charge in [-0.3, -0.25) is 10.1 Å². The largest absolute Gasteiger partial charge is 0.378 e. The number of benzene rings is 2. The molecule has 0 unspecified atom stereocenters. The maximum atomic E-state index is 10.8. The van der Waals surface area contributed by atoms with Crippen LogP contribution in [0, 0.1) is 23.0 Å². The molecule has 2 aromatic carbocycles. The molecule has 0 aromatic heterocycles. The quantitative estimate of drug-likeness (QED) is 0.668. The lowest BCUT2D eigenvalue weighted by Gasteiger charge is -2.36. The van der Waals surface area contributed by atoms with Crippen molar-refractivity contribution in [1.82, 2.24) is 0 Å². The van der Waals surface area contributed by atoms with Crippen molar-refractivity contribution in [3.05, 3.63) is 69.3 Å². The van der Waals surface area contributed by atoms with E-state index in [1.165, 1.54) is 11.1 Å². The standard InChI is InChI=1S/C18H18N2O3/c1-11-2-7-16-15(10-11)18-14(8-9-23-18)17(19-16)12-3-5-13(6-4-12)20(21)22/h2-7,10,14,17-19H,8-9H2,1H3/t14-,17-,18-/m0/s1. The third-order valence-electron chi connectivity index (χ3n) is 4.85. The number of anilines is 1. The van der Waals surface area contributed by atoms with Gasteiger partial charge in [0.1, 0.15) is 0 Å². The number of nitrogens with one attached hydrogen (secondary N) is 1. The number of hydrogen-bond donors (Lipinski definition) is 1. The molecular weight excluding hydrogens is 292 g/mol. The molecule has 2 aliphatic rings. The van der Waals surface area contributed by atoms with Gasteiger partial charge in [-0.2, -0.15) is 0 Å². The van der Waals surface area contributed by atoms with Crippen LogP contribution >= 0.6 is 0 Å². The van der Waals surface area contributed by atoms with E-state index in [9.17, 15) is 10.1 Å². The summed E-state index contributed by atoms with van der Waals surface area (Å²) in [5.41, 5.74) is 4.75. The smallest absolute Gasteiger partial charge is 0.269 e. The van der Waals surface area contributed by atoms with Gasteiger partial charge >= 0.3 is 0 Å². The van der Waals surface area contributed by atoms with Crippen LogP contribution in [0.15, 0.2) is 42.5 Å². The van der Waals surface area contributed by atoms with Crippen LogP contribution in [-0.2, 0) is 4.74 Å². The summed E-state index contributed by atoms with van der Waals surface area (Å²) in [6, 6.07) is 13.4. The minimum Gasteiger partial charge on any atom is -0.378 e. The molecule has 0 spiro atoms. The zero-order chi connectivity index (χ0) is 16.0. The van der Waals surface area contributed by atoms with Crippen LogP contribution in [0.25, 0.3) is 0 Å². The number of nitro groups is 1. The Bertz CT molecular complexity index is 757. The fourth-order valence-electron chi connectivity index (χ4n) is 3.73. The van der Waals surface area contributed by atoms with Crippen molar-refractivity contribution in [2.75, 3.05) is 11.9 Å². The number of hydrogen-bond acceptors (Lipinski definition) is 4. The molecule has 5 nitrogen and oxygen atoms in total. The highest BCUT2D eigenvalue weighted by atomic mass is 16.6. The van der Waals surface area contributed by atoms with E-state index in [1.807, 2.05) is 12.1 Å². The number of nitro benzene ring substituents is 1. The van der Waals surface area contributed by atoms with Gasteiger partial charge in [0.15, 0.2) is 0 Å². The summed E-state index contributed by atoms with van der Waals surface area (Å²) in [5.74, 6) is 0.353. The second-order valence-corrected chi connectivity index (χ2v) is 6.31. The molecule has 5 heteroatoms. The first-order chi connectivity index (χ1) is 11.1. The number of rotatable bonds is 2. The van der Waals surface area contributed by atoms with Gasteiger partial charge in [-0.05, 0) is 25.0 Å². The highest BCUT2D eigenvalue weighted by Crippen LogP contribution is 2.50. The zero-order valence-electron chi connectivity index (χ0n) is 12.9. The van der Waals surface area contributed by atoms with E-state index in [0.717, 1.165) is 24.3 Å². The Balaban J connectivity index is 1.72. The molecule has 1 fully saturated rings. The fraction of sp³-hybridized carbons (Fsp3) is 0.333. The number of fused-ring (bicyclic) bond motifs is 3. The molecule has 0 amide bonds. The number of aryl methyl sites for hydroxylation is 1. The lowest BCUT2D eigenvalue weighted by atomic mass is 9.80. The maximum absolute atomic E-state index is 10.8. The first-order valence-electron chi connectivity index (χ1n) is 7.86. The first-order valence-corrected chi connectivity index (χ1v) is 7.86. The van der Waals surface area contributed by atoms with E-state index in [4.69, 9.17) is 4.74 Å². The fourth-order valence-corrected chi connectivity index (χ4v) is 3.73. The summed E-state index contributed by atoms with van der Waals surface area (Å²) in [6.07, 6.45) is 1.10. The van der Waals surface area contributed by atoms with Gasteiger partial charge in [-0.25, -0.2) is 0 Å². The van der Waals surface area contributed by atoms with Crippen LogP contribution in [0.1, 0.15) is 35.3 Å². The predicted octanol–water partition coefficient (Wildman–Crippen LogP) is 4.15. The van der Waals surface area contributed by atoms with Crippen LogP contribution in [0.2, 0.25) is 0 Å². The number of nitrogens with zero attached hydrogens (tertiary/aromatic N) is 1. The lowest BCUT2D eigenvalue weighted by Crippen LogP contribution is -2.29. The molecule has 2 aliphatic heterocycles. The van der Waals surface area contributed by atoms with Crippen molar-refractivity contribution in [1.29, 1.82) is 0 Å². The Hall–Kier alpha value is -2.40. The molecule has 0 bridgehead atoms. The second kappa shape index (κ2) is 5.35. The Labute approximate surface area is 134 Å². The van der Waals surface area contributed by atoms with Crippen molar-refractivity contribution in [3.8, 4) is 0 Å². The van der Waals surface area contributed by atoms with Crippen molar-refractivity contribution in [2.45, 2.75) is 25.5 Å². The molecule has 1 N–H and O–H groups in total. The molecule has 0 aliphatic carbocycles. The molecule has 23 heavy (non-hydrogen) atoms. The Kier molecular flexibility index (Phi) is 3.31. The topological polar surface area (TPSA) is 64.4 Å². The Morgan fingerprint density at radius 2 is 2.00 bits per heavy atom. The summed E-state index contributed by atoms with van der Waals surface area (Å²) >= 11 is 0. The van der Waals surface area contributed by atoms with Gasteiger partial charge in [0.05, 0.1) is 17.1 Å². The summed E-state index contributed by atoms with van der Waals surface area (Å²) < 4.78 is 6.00. The molecule has 0 saturated carbocycles. The summed E-state index contributed by atoms with van der Waals surface area (Å²) in [5, 5.41) is 14.4. The molecule has 2 aromatic rings. The average Bonchev–Trinajstić information content (AvgIpc) is 3.04. The van der Waals surface area contributed by atoms with E-state index >= 15 is 0 Å². The minimum atomic E-state index is -0.363. The summed E-state index contributed by atoms with van der Waals surface area (Å²) in [7, 11) is 0. The minimum absolute atomic E-state index is 0.103. The van der Waals surface area contributed by atoms with E-state index in [-0.39, 0.29) is 22.8 Å². The molecule has 118 valence electrons.